The lowest BCUT2D eigenvalue weighted by molar-refractivity contribution is 0.552. The lowest BCUT2D eigenvalue weighted by Gasteiger charge is -2.11. The number of nitrogens with zero attached hydrogens (tertiary/aromatic N) is 6. The second-order valence-electron chi connectivity index (χ2n) is 6.10. The zero-order valence-electron chi connectivity index (χ0n) is 15.1. The van der Waals surface area contributed by atoms with Crippen LogP contribution in [0.4, 0.5) is 0 Å². The van der Waals surface area contributed by atoms with Crippen LogP contribution in [0.5, 0.6) is 0 Å². The second-order valence-corrected chi connectivity index (χ2v) is 6.52. The smallest absolute Gasteiger partial charge is 0.186 e. The molecule has 3 aromatic rings. The average molecular weight is 377 g/mol. The number of hydrogen-bond acceptors (Lipinski definition) is 5. The molecule has 0 bridgehead atoms. The molecule has 0 fully saturated rings. The molecule has 1 aromatic carbocycles. The highest BCUT2D eigenvalue weighted by atomic mass is 32.1. The molecule has 136 valence electrons. The van der Waals surface area contributed by atoms with Crippen LogP contribution in [0.15, 0.2) is 41.9 Å². The lowest BCUT2D eigenvalue weighted by Crippen LogP contribution is -2.27. The maximum absolute atomic E-state index is 8.84. The fraction of sp³-hybridized carbons (Fsp3) is 0.211. The molecule has 0 saturated heterocycles. The summed E-state index contributed by atoms with van der Waals surface area (Å²) in [6.45, 7) is 0. The molecule has 0 aliphatic heterocycles. The van der Waals surface area contributed by atoms with Crippen LogP contribution in [-0.2, 0) is 13.5 Å². The number of pyridine rings is 1. The van der Waals surface area contributed by atoms with Gasteiger partial charge in [-0.25, -0.2) is 15.0 Å². The largest absolute Gasteiger partial charge is 0.375 e. The minimum Gasteiger partial charge on any atom is -0.375 e. The van der Waals surface area contributed by atoms with Crippen molar-refractivity contribution in [3.8, 4) is 17.5 Å². The quantitative estimate of drug-likeness (QED) is 0.417. The molecule has 0 spiro atoms. The molecular weight excluding hydrogens is 358 g/mol. The minimum absolute atomic E-state index is 0.186. The van der Waals surface area contributed by atoms with Gasteiger partial charge in [-0.05, 0) is 42.4 Å². The lowest BCUT2D eigenvalue weighted by atomic mass is 10.0. The van der Waals surface area contributed by atoms with E-state index < -0.39 is 0 Å². The highest BCUT2D eigenvalue weighted by Gasteiger charge is 2.10. The van der Waals surface area contributed by atoms with Gasteiger partial charge >= 0.3 is 0 Å². The van der Waals surface area contributed by atoms with E-state index in [0.29, 0.717) is 12.8 Å². The van der Waals surface area contributed by atoms with Gasteiger partial charge in [-0.3, -0.25) is 0 Å². The van der Waals surface area contributed by atoms with E-state index in [1.54, 1.807) is 25.8 Å². The Hall–Kier alpha value is -3.31. The van der Waals surface area contributed by atoms with Crippen LogP contribution in [0.3, 0.4) is 0 Å². The summed E-state index contributed by atoms with van der Waals surface area (Å²) >= 11 is 4.94. The summed E-state index contributed by atoms with van der Waals surface area (Å²) in [6.07, 6.45) is 6.40. The minimum atomic E-state index is 0.186. The maximum atomic E-state index is 8.84. The van der Waals surface area contributed by atoms with Gasteiger partial charge in [-0.2, -0.15) is 10.4 Å². The van der Waals surface area contributed by atoms with Crippen LogP contribution in [0, 0.1) is 11.3 Å². The molecule has 27 heavy (non-hydrogen) atoms. The van der Waals surface area contributed by atoms with Crippen LogP contribution in [0.2, 0.25) is 0 Å². The van der Waals surface area contributed by atoms with E-state index in [1.807, 2.05) is 29.8 Å². The Bertz CT molecular complexity index is 1060. The summed E-state index contributed by atoms with van der Waals surface area (Å²) in [4.78, 5) is 8.94. The first kappa shape index (κ1) is 18.5. The van der Waals surface area contributed by atoms with Gasteiger partial charge in [0.05, 0.1) is 41.7 Å². The number of aryl methyl sites for hydroxylation is 2. The Morgan fingerprint density at radius 1 is 1.44 bits per heavy atom. The van der Waals surface area contributed by atoms with Crippen molar-refractivity contribution in [3.63, 3.8) is 0 Å². The van der Waals surface area contributed by atoms with E-state index in [9.17, 15) is 0 Å². The van der Waals surface area contributed by atoms with E-state index in [4.69, 9.17) is 28.2 Å². The molecule has 0 amide bonds. The van der Waals surface area contributed by atoms with Crippen molar-refractivity contribution in [1.82, 2.24) is 19.5 Å². The first-order valence-electron chi connectivity index (χ1n) is 8.34. The van der Waals surface area contributed by atoms with Gasteiger partial charge in [-0.15, -0.1) is 0 Å². The SMILES string of the molecule is CN(/N=C/c1cc(-c2cncn2C)nc2ccc(CCC#N)cc12)C(N)=S. The molecule has 0 saturated carbocycles. The van der Waals surface area contributed by atoms with Crippen molar-refractivity contribution < 1.29 is 0 Å². The molecule has 2 N–H and O–H groups in total. The van der Waals surface area contributed by atoms with Gasteiger partial charge in [-0.1, -0.05) is 6.07 Å². The third kappa shape index (κ3) is 4.10. The summed E-state index contributed by atoms with van der Waals surface area (Å²) in [7, 11) is 3.62. The van der Waals surface area contributed by atoms with Gasteiger partial charge < -0.3 is 10.3 Å². The molecule has 0 aliphatic carbocycles. The Labute approximate surface area is 162 Å². The second kappa shape index (κ2) is 7.93. The molecule has 8 heteroatoms. The number of fused-ring (bicyclic) bond motifs is 1. The standard InChI is InChI=1S/C19H19N7S/c1-25-12-22-11-18(25)17-9-14(10-23-26(2)19(21)27)15-8-13(4-3-7-20)5-6-16(15)24-17/h5-6,8-12H,3-4H2,1-2H3,(H2,21,27)/b23-10+. The fourth-order valence-electron chi connectivity index (χ4n) is 2.70. The molecule has 0 radical (unpaired) electrons. The molecule has 7 nitrogen and oxygen atoms in total. The molecular formula is C19H19N7S. The summed E-state index contributed by atoms with van der Waals surface area (Å²) in [5, 5.41) is 15.7. The van der Waals surface area contributed by atoms with E-state index >= 15 is 0 Å². The van der Waals surface area contributed by atoms with Crippen LogP contribution in [0.25, 0.3) is 22.3 Å². The molecule has 2 heterocycles. The van der Waals surface area contributed by atoms with Gasteiger partial charge in [0.1, 0.15) is 0 Å². The zero-order chi connectivity index (χ0) is 19.4. The predicted octanol–water partition coefficient (Wildman–Crippen LogP) is 2.60. The van der Waals surface area contributed by atoms with Crippen molar-refractivity contribution in [2.75, 3.05) is 7.05 Å². The van der Waals surface area contributed by atoms with E-state index in [-0.39, 0.29) is 5.11 Å². The Kier molecular flexibility index (Phi) is 5.43. The summed E-state index contributed by atoms with van der Waals surface area (Å²) in [5.74, 6) is 0. The Morgan fingerprint density at radius 2 is 2.26 bits per heavy atom. The third-order valence-electron chi connectivity index (χ3n) is 4.20. The number of hydrogen-bond donors (Lipinski definition) is 1. The highest BCUT2D eigenvalue weighted by molar-refractivity contribution is 7.80. The average Bonchev–Trinajstić information content (AvgIpc) is 3.09. The zero-order valence-corrected chi connectivity index (χ0v) is 15.9. The fourth-order valence-corrected chi connectivity index (χ4v) is 2.75. The maximum Gasteiger partial charge on any atom is 0.186 e. The first-order valence-corrected chi connectivity index (χ1v) is 8.75. The van der Waals surface area contributed by atoms with Crippen LogP contribution >= 0.6 is 12.2 Å². The van der Waals surface area contributed by atoms with Gasteiger partial charge in [0, 0.05) is 31.5 Å². The van der Waals surface area contributed by atoms with Crippen molar-refractivity contribution in [1.29, 1.82) is 5.26 Å². The molecule has 0 atom stereocenters. The van der Waals surface area contributed by atoms with Gasteiger partial charge in [0.15, 0.2) is 5.11 Å². The third-order valence-corrected chi connectivity index (χ3v) is 4.46. The predicted molar refractivity (Wildman–Crippen MR) is 110 cm³/mol. The molecule has 0 aliphatic rings. The van der Waals surface area contributed by atoms with Crippen LogP contribution in [0.1, 0.15) is 17.5 Å². The summed E-state index contributed by atoms with van der Waals surface area (Å²) in [5.41, 5.74) is 10.1. The number of aromatic nitrogens is 3. The summed E-state index contributed by atoms with van der Waals surface area (Å²) in [6, 6.07) is 10.2. The number of nitriles is 1. The number of imidazole rings is 1. The van der Waals surface area contributed by atoms with Crippen LogP contribution in [-0.4, -0.2) is 37.9 Å². The number of thiocarbonyl (C=S) groups is 1. The van der Waals surface area contributed by atoms with Crippen molar-refractivity contribution in [3.05, 3.63) is 47.9 Å². The number of nitrogens with two attached hydrogens (primary N) is 1. The topological polar surface area (TPSA) is 96.1 Å². The summed E-state index contributed by atoms with van der Waals surface area (Å²) < 4.78 is 1.91. The van der Waals surface area contributed by atoms with Gasteiger partial charge in [0.2, 0.25) is 0 Å². The normalized spacial score (nSPS) is 11.0. The number of hydrazone groups is 1. The van der Waals surface area contributed by atoms with E-state index in [0.717, 1.165) is 33.4 Å². The monoisotopic (exact) mass is 377 g/mol. The Morgan fingerprint density at radius 3 is 2.93 bits per heavy atom. The molecule has 3 rings (SSSR count). The first-order chi connectivity index (χ1) is 13.0. The van der Waals surface area contributed by atoms with Crippen molar-refractivity contribution in [2.24, 2.45) is 17.9 Å². The van der Waals surface area contributed by atoms with Gasteiger partial charge in [0.25, 0.3) is 0 Å². The number of benzene rings is 1. The molecule has 2 aromatic heterocycles. The van der Waals surface area contributed by atoms with Crippen molar-refractivity contribution in [2.45, 2.75) is 12.8 Å². The van der Waals surface area contributed by atoms with E-state index in [2.05, 4.69) is 22.2 Å². The van der Waals surface area contributed by atoms with Crippen LogP contribution < -0.4 is 5.73 Å². The Balaban J connectivity index is 2.15. The molecule has 0 unspecified atom stereocenters. The number of rotatable bonds is 5. The van der Waals surface area contributed by atoms with E-state index in [1.165, 1.54) is 5.01 Å². The van der Waals surface area contributed by atoms with Crippen molar-refractivity contribution >= 4 is 34.4 Å². The highest BCUT2D eigenvalue weighted by Crippen LogP contribution is 2.25.